The minimum absolute atomic E-state index is 0.298. The molecule has 5 heteroatoms. The monoisotopic (exact) mass is 247 g/mol. The van der Waals surface area contributed by atoms with Gasteiger partial charge >= 0.3 is 0 Å². The van der Waals surface area contributed by atoms with Crippen LogP contribution in [0.4, 0.5) is 0 Å². The first-order chi connectivity index (χ1) is 8.22. The highest BCUT2D eigenvalue weighted by molar-refractivity contribution is 6.32. The Hall–Kier alpha value is -1.90. The maximum absolute atomic E-state index is 10.0. The van der Waals surface area contributed by atoms with Gasteiger partial charge in [-0.05, 0) is 24.6 Å². The quantitative estimate of drug-likeness (QED) is 0.618. The van der Waals surface area contributed by atoms with Crippen molar-refractivity contribution < 1.29 is 4.79 Å². The van der Waals surface area contributed by atoms with Crippen LogP contribution < -0.4 is 0 Å². The zero-order valence-electron chi connectivity index (χ0n) is 9.22. The number of isocyanates is 1. The highest BCUT2D eigenvalue weighted by Gasteiger charge is 2.06. The van der Waals surface area contributed by atoms with Gasteiger partial charge in [-0.3, -0.25) is 0 Å². The molecular weight excluding hydrogens is 238 g/mol. The summed E-state index contributed by atoms with van der Waals surface area (Å²) in [6.07, 6.45) is 5.07. The predicted octanol–water partition coefficient (Wildman–Crippen LogP) is 2.67. The molecule has 1 aromatic heterocycles. The molecule has 0 aliphatic rings. The molecule has 0 saturated heterocycles. The lowest BCUT2D eigenvalue weighted by atomic mass is 10.2. The van der Waals surface area contributed by atoms with Crippen LogP contribution in [0.3, 0.4) is 0 Å². The van der Waals surface area contributed by atoms with Gasteiger partial charge in [0.1, 0.15) is 5.82 Å². The average molecular weight is 248 g/mol. The standard InChI is InChI=1S/C12H10ClN3O/c1-9-15-4-5-16(9)12-3-2-10(6-11(12)13)7-14-8-17/h2-6H,7H2,1H3. The molecule has 0 radical (unpaired) electrons. The number of nitrogens with zero attached hydrogens (tertiary/aromatic N) is 3. The van der Waals surface area contributed by atoms with E-state index in [0.717, 1.165) is 17.1 Å². The third kappa shape index (κ3) is 2.44. The Kier molecular flexibility index (Phi) is 3.38. The molecule has 0 amide bonds. The van der Waals surface area contributed by atoms with Crippen molar-refractivity contribution in [3.05, 3.63) is 47.0 Å². The molecule has 0 atom stereocenters. The average Bonchev–Trinajstić information content (AvgIpc) is 2.73. The summed E-state index contributed by atoms with van der Waals surface area (Å²) in [5.41, 5.74) is 1.74. The Labute approximate surface area is 104 Å². The first kappa shape index (κ1) is 11.6. The Morgan fingerprint density at radius 1 is 1.53 bits per heavy atom. The summed E-state index contributed by atoms with van der Waals surface area (Å²) in [6.45, 7) is 2.20. The molecule has 2 aromatic rings. The number of hydrogen-bond acceptors (Lipinski definition) is 3. The van der Waals surface area contributed by atoms with Crippen LogP contribution in [0.2, 0.25) is 5.02 Å². The summed E-state index contributed by atoms with van der Waals surface area (Å²) in [7, 11) is 0. The van der Waals surface area contributed by atoms with E-state index in [0.29, 0.717) is 11.6 Å². The van der Waals surface area contributed by atoms with Crippen LogP contribution in [-0.4, -0.2) is 15.6 Å². The Balaban J connectivity index is 2.38. The van der Waals surface area contributed by atoms with Crippen LogP contribution in [0, 0.1) is 6.92 Å². The van der Waals surface area contributed by atoms with Crippen LogP contribution in [0.1, 0.15) is 11.4 Å². The van der Waals surface area contributed by atoms with E-state index in [4.69, 9.17) is 11.6 Å². The normalized spacial score (nSPS) is 10.0. The van der Waals surface area contributed by atoms with Crippen molar-refractivity contribution >= 4 is 17.7 Å². The maximum atomic E-state index is 10.0. The van der Waals surface area contributed by atoms with Crippen molar-refractivity contribution in [2.45, 2.75) is 13.5 Å². The zero-order valence-corrected chi connectivity index (χ0v) is 9.98. The third-order valence-corrected chi connectivity index (χ3v) is 2.73. The largest absolute Gasteiger partial charge is 0.302 e. The van der Waals surface area contributed by atoms with Crippen LogP contribution in [0.25, 0.3) is 5.69 Å². The van der Waals surface area contributed by atoms with Gasteiger partial charge in [0.25, 0.3) is 0 Å². The molecule has 0 N–H and O–H groups in total. The lowest BCUT2D eigenvalue weighted by molar-refractivity contribution is 0.563. The molecule has 1 heterocycles. The summed E-state index contributed by atoms with van der Waals surface area (Å²) in [5.74, 6) is 0.866. The second-order valence-electron chi connectivity index (χ2n) is 3.54. The summed E-state index contributed by atoms with van der Waals surface area (Å²) in [6, 6.07) is 5.55. The number of imidazole rings is 1. The summed E-state index contributed by atoms with van der Waals surface area (Å²) in [4.78, 5) is 17.7. The van der Waals surface area contributed by atoms with Crippen molar-refractivity contribution in [1.82, 2.24) is 9.55 Å². The summed E-state index contributed by atoms with van der Waals surface area (Å²) >= 11 is 6.18. The number of benzene rings is 1. The van der Waals surface area contributed by atoms with Gasteiger partial charge in [-0.25, -0.2) is 14.8 Å². The predicted molar refractivity (Wildman–Crippen MR) is 65.1 cm³/mol. The molecule has 0 fully saturated rings. The Bertz CT molecular complexity index is 585. The molecule has 0 saturated carbocycles. The summed E-state index contributed by atoms with van der Waals surface area (Å²) in [5, 5.41) is 0.602. The number of hydrogen-bond donors (Lipinski definition) is 0. The number of aromatic nitrogens is 2. The number of rotatable bonds is 3. The number of aryl methyl sites for hydroxylation is 1. The number of halogens is 1. The third-order valence-electron chi connectivity index (χ3n) is 2.42. The Morgan fingerprint density at radius 3 is 2.94 bits per heavy atom. The van der Waals surface area contributed by atoms with Crippen molar-refractivity contribution in [3.8, 4) is 5.69 Å². The first-order valence-corrected chi connectivity index (χ1v) is 5.42. The summed E-state index contributed by atoms with van der Waals surface area (Å²) < 4.78 is 1.90. The van der Waals surface area contributed by atoms with Crippen LogP contribution in [0.5, 0.6) is 0 Å². The molecule has 0 spiro atoms. The van der Waals surface area contributed by atoms with Gasteiger partial charge in [0.15, 0.2) is 0 Å². The van der Waals surface area contributed by atoms with E-state index in [-0.39, 0.29) is 0 Å². The molecule has 17 heavy (non-hydrogen) atoms. The highest BCUT2D eigenvalue weighted by Crippen LogP contribution is 2.23. The minimum Gasteiger partial charge on any atom is -0.302 e. The van der Waals surface area contributed by atoms with E-state index in [1.165, 1.54) is 6.08 Å². The fourth-order valence-electron chi connectivity index (χ4n) is 1.60. The molecule has 0 bridgehead atoms. The van der Waals surface area contributed by atoms with E-state index < -0.39 is 0 Å². The van der Waals surface area contributed by atoms with Gasteiger partial charge in [-0.15, -0.1) is 0 Å². The van der Waals surface area contributed by atoms with Gasteiger partial charge in [0, 0.05) is 12.4 Å². The number of carbonyl (C=O) groups excluding carboxylic acids is 1. The minimum atomic E-state index is 0.298. The fraction of sp³-hybridized carbons (Fsp3) is 0.167. The molecule has 86 valence electrons. The molecule has 1 aromatic carbocycles. The molecule has 0 unspecified atom stereocenters. The van der Waals surface area contributed by atoms with Crippen molar-refractivity contribution in [2.75, 3.05) is 0 Å². The molecule has 4 nitrogen and oxygen atoms in total. The number of aliphatic imine (C=N–C) groups is 1. The smallest absolute Gasteiger partial charge is 0.235 e. The topological polar surface area (TPSA) is 47.2 Å². The van der Waals surface area contributed by atoms with E-state index in [1.54, 1.807) is 12.3 Å². The second kappa shape index (κ2) is 4.95. The van der Waals surface area contributed by atoms with Crippen molar-refractivity contribution in [2.24, 2.45) is 4.99 Å². The molecule has 0 aliphatic heterocycles. The molecular formula is C12H10ClN3O. The van der Waals surface area contributed by atoms with E-state index in [1.807, 2.05) is 29.8 Å². The lowest BCUT2D eigenvalue weighted by Crippen LogP contribution is -1.97. The van der Waals surface area contributed by atoms with Gasteiger partial charge in [0.05, 0.1) is 17.3 Å². The van der Waals surface area contributed by atoms with E-state index in [2.05, 4.69) is 9.98 Å². The van der Waals surface area contributed by atoms with E-state index in [9.17, 15) is 4.79 Å². The van der Waals surface area contributed by atoms with E-state index >= 15 is 0 Å². The van der Waals surface area contributed by atoms with Gasteiger partial charge in [0.2, 0.25) is 6.08 Å². The fourth-order valence-corrected chi connectivity index (χ4v) is 1.89. The maximum Gasteiger partial charge on any atom is 0.235 e. The van der Waals surface area contributed by atoms with Crippen LogP contribution in [-0.2, 0) is 11.3 Å². The van der Waals surface area contributed by atoms with Gasteiger partial charge in [-0.1, -0.05) is 17.7 Å². The first-order valence-electron chi connectivity index (χ1n) is 5.05. The van der Waals surface area contributed by atoms with Crippen LogP contribution >= 0.6 is 11.6 Å². The highest BCUT2D eigenvalue weighted by atomic mass is 35.5. The van der Waals surface area contributed by atoms with Crippen molar-refractivity contribution in [3.63, 3.8) is 0 Å². The lowest BCUT2D eigenvalue weighted by Gasteiger charge is -2.08. The van der Waals surface area contributed by atoms with Crippen LogP contribution in [0.15, 0.2) is 35.6 Å². The second-order valence-corrected chi connectivity index (χ2v) is 3.94. The van der Waals surface area contributed by atoms with Crippen molar-refractivity contribution in [1.29, 1.82) is 0 Å². The van der Waals surface area contributed by atoms with Gasteiger partial charge < -0.3 is 4.57 Å². The Morgan fingerprint density at radius 2 is 2.35 bits per heavy atom. The zero-order chi connectivity index (χ0) is 12.3. The molecule has 0 aliphatic carbocycles. The SMILES string of the molecule is Cc1nccn1-c1ccc(CN=C=O)cc1Cl. The molecule has 2 rings (SSSR count). The van der Waals surface area contributed by atoms with Gasteiger partial charge in [-0.2, -0.15) is 0 Å².